The molecule has 0 spiro atoms. The van der Waals surface area contributed by atoms with E-state index < -0.39 is 0 Å². The predicted octanol–water partition coefficient (Wildman–Crippen LogP) is 2.56. The Bertz CT molecular complexity index is 842. The minimum absolute atomic E-state index is 0. The van der Waals surface area contributed by atoms with Crippen LogP contribution in [0.1, 0.15) is 17.0 Å². The van der Waals surface area contributed by atoms with Crippen molar-refractivity contribution in [3.05, 3.63) is 65.6 Å². The van der Waals surface area contributed by atoms with Gasteiger partial charge in [-0.1, -0.05) is 30.3 Å². The highest BCUT2D eigenvalue weighted by molar-refractivity contribution is 14.0. The Kier molecular flexibility index (Phi) is 7.17. The Labute approximate surface area is 164 Å². The van der Waals surface area contributed by atoms with Crippen molar-refractivity contribution >= 4 is 35.6 Å². The molecule has 0 atom stereocenters. The molecule has 0 fully saturated rings. The van der Waals surface area contributed by atoms with Gasteiger partial charge in [0.15, 0.2) is 11.6 Å². The van der Waals surface area contributed by atoms with Crippen LogP contribution in [0.3, 0.4) is 0 Å². The van der Waals surface area contributed by atoms with Gasteiger partial charge in [-0.05, 0) is 30.2 Å². The van der Waals surface area contributed by atoms with Gasteiger partial charge in [0.25, 0.3) is 0 Å². The minimum Gasteiger partial charge on any atom is -0.356 e. The molecule has 25 heavy (non-hydrogen) atoms. The zero-order valence-corrected chi connectivity index (χ0v) is 16.8. The van der Waals surface area contributed by atoms with E-state index in [9.17, 15) is 0 Å². The molecular formula is C18H23IN6. The maximum absolute atomic E-state index is 4.27. The molecule has 7 heteroatoms. The highest BCUT2D eigenvalue weighted by Gasteiger charge is 2.05. The van der Waals surface area contributed by atoms with Gasteiger partial charge >= 0.3 is 0 Å². The van der Waals surface area contributed by atoms with Gasteiger partial charge in [0.1, 0.15) is 5.82 Å². The Morgan fingerprint density at radius 1 is 1.08 bits per heavy atom. The Morgan fingerprint density at radius 2 is 1.88 bits per heavy atom. The van der Waals surface area contributed by atoms with Crippen molar-refractivity contribution < 1.29 is 0 Å². The SMILES string of the molecule is CN=C(NCCc1nnc2ccccn12)NCc1ccccc1C.I. The standard InChI is InChI=1S/C18H22N6.HI/c1-14-7-3-4-8-15(14)13-21-18(19-2)20-11-10-17-23-22-16-9-5-6-12-24(16)17;/h3-9,12H,10-11,13H2,1-2H3,(H2,19,20,21);1H. The summed E-state index contributed by atoms with van der Waals surface area (Å²) >= 11 is 0. The number of benzene rings is 1. The van der Waals surface area contributed by atoms with Gasteiger partial charge < -0.3 is 10.6 Å². The van der Waals surface area contributed by atoms with Crippen LogP contribution in [-0.4, -0.2) is 34.2 Å². The molecule has 0 aliphatic rings. The Hall–Kier alpha value is -2.16. The number of fused-ring (bicyclic) bond motifs is 1. The average Bonchev–Trinajstić information content (AvgIpc) is 3.02. The third-order valence-corrected chi connectivity index (χ3v) is 3.96. The van der Waals surface area contributed by atoms with E-state index in [1.54, 1.807) is 7.05 Å². The summed E-state index contributed by atoms with van der Waals surface area (Å²) in [6.07, 6.45) is 2.76. The van der Waals surface area contributed by atoms with E-state index in [-0.39, 0.29) is 24.0 Å². The van der Waals surface area contributed by atoms with Crippen LogP contribution < -0.4 is 10.6 Å². The number of nitrogens with zero attached hydrogens (tertiary/aromatic N) is 4. The second kappa shape index (κ2) is 9.36. The first kappa shape index (κ1) is 19.2. The van der Waals surface area contributed by atoms with Crippen LogP contribution >= 0.6 is 24.0 Å². The lowest BCUT2D eigenvalue weighted by molar-refractivity contribution is 0.760. The largest absolute Gasteiger partial charge is 0.356 e. The van der Waals surface area contributed by atoms with Crippen molar-refractivity contribution in [1.29, 1.82) is 0 Å². The lowest BCUT2D eigenvalue weighted by Gasteiger charge is -2.12. The summed E-state index contributed by atoms with van der Waals surface area (Å²) in [6, 6.07) is 14.2. The maximum atomic E-state index is 4.27. The lowest BCUT2D eigenvalue weighted by Crippen LogP contribution is -2.38. The maximum Gasteiger partial charge on any atom is 0.191 e. The quantitative estimate of drug-likeness (QED) is 0.356. The average molecular weight is 450 g/mol. The monoisotopic (exact) mass is 450 g/mol. The molecule has 0 aliphatic heterocycles. The smallest absolute Gasteiger partial charge is 0.191 e. The third kappa shape index (κ3) is 4.91. The molecular weight excluding hydrogens is 427 g/mol. The summed E-state index contributed by atoms with van der Waals surface area (Å²) in [6.45, 7) is 3.60. The van der Waals surface area contributed by atoms with E-state index in [1.807, 2.05) is 28.8 Å². The van der Waals surface area contributed by atoms with Crippen LogP contribution in [0.4, 0.5) is 0 Å². The summed E-state index contributed by atoms with van der Waals surface area (Å²) in [4.78, 5) is 4.27. The molecule has 0 saturated heterocycles. The topological polar surface area (TPSA) is 66.6 Å². The lowest BCUT2D eigenvalue weighted by atomic mass is 10.1. The van der Waals surface area contributed by atoms with Gasteiger partial charge in [-0.3, -0.25) is 9.39 Å². The number of aliphatic imine (C=N–C) groups is 1. The molecule has 0 radical (unpaired) electrons. The normalized spacial score (nSPS) is 11.2. The molecule has 0 unspecified atom stereocenters. The summed E-state index contributed by atoms with van der Waals surface area (Å²) in [5, 5.41) is 15.1. The Morgan fingerprint density at radius 3 is 2.68 bits per heavy atom. The van der Waals surface area contributed by atoms with Crippen molar-refractivity contribution in [2.24, 2.45) is 4.99 Å². The number of aromatic nitrogens is 3. The van der Waals surface area contributed by atoms with Crippen molar-refractivity contribution in [3.63, 3.8) is 0 Å². The van der Waals surface area contributed by atoms with Crippen LogP contribution in [0.2, 0.25) is 0 Å². The number of aryl methyl sites for hydroxylation is 1. The molecule has 2 aromatic heterocycles. The van der Waals surface area contributed by atoms with E-state index in [1.165, 1.54) is 11.1 Å². The van der Waals surface area contributed by atoms with Crippen LogP contribution in [-0.2, 0) is 13.0 Å². The number of halogens is 1. The molecule has 0 aliphatic carbocycles. The van der Waals surface area contributed by atoms with E-state index in [4.69, 9.17) is 0 Å². The van der Waals surface area contributed by atoms with Crippen molar-refractivity contribution in [3.8, 4) is 0 Å². The fourth-order valence-corrected chi connectivity index (χ4v) is 2.56. The first-order chi connectivity index (χ1) is 11.8. The molecule has 2 N–H and O–H groups in total. The van der Waals surface area contributed by atoms with Crippen molar-refractivity contribution in [2.75, 3.05) is 13.6 Å². The third-order valence-electron chi connectivity index (χ3n) is 3.96. The molecule has 3 aromatic rings. The Balaban J connectivity index is 0.00000225. The van der Waals surface area contributed by atoms with E-state index in [2.05, 4.69) is 57.0 Å². The molecule has 0 saturated carbocycles. The molecule has 3 rings (SSSR count). The summed E-state index contributed by atoms with van der Waals surface area (Å²) in [7, 11) is 1.78. The molecule has 132 valence electrons. The number of hydrogen-bond donors (Lipinski definition) is 2. The van der Waals surface area contributed by atoms with Crippen LogP contribution in [0.15, 0.2) is 53.7 Å². The van der Waals surface area contributed by atoms with Crippen LogP contribution in [0.25, 0.3) is 5.65 Å². The predicted molar refractivity (Wildman–Crippen MR) is 111 cm³/mol. The molecule has 6 nitrogen and oxygen atoms in total. The van der Waals surface area contributed by atoms with E-state index in [0.29, 0.717) is 0 Å². The number of hydrogen-bond acceptors (Lipinski definition) is 3. The summed E-state index contributed by atoms with van der Waals surface area (Å²) in [5.41, 5.74) is 3.41. The minimum atomic E-state index is 0. The summed E-state index contributed by atoms with van der Waals surface area (Å²) < 4.78 is 2.01. The highest BCUT2D eigenvalue weighted by atomic mass is 127. The zero-order chi connectivity index (χ0) is 16.8. The van der Waals surface area contributed by atoms with Crippen LogP contribution in [0.5, 0.6) is 0 Å². The highest BCUT2D eigenvalue weighted by Crippen LogP contribution is 2.06. The first-order valence-corrected chi connectivity index (χ1v) is 8.05. The van der Waals surface area contributed by atoms with Gasteiger partial charge in [-0.25, -0.2) is 0 Å². The van der Waals surface area contributed by atoms with Crippen LogP contribution in [0, 0.1) is 6.92 Å². The van der Waals surface area contributed by atoms with E-state index >= 15 is 0 Å². The first-order valence-electron chi connectivity index (χ1n) is 8.05. The van der Waals surface area contributed by atoms with Gasteiger partial charge in [-0.2, -0.15) is 0 Å². The van der Waals surface area contributed by atoms with Gasteiger partial charge in [0, 0.05) is 32.8 Å². The second-order valence-electron chi connectivity index (χ2n) is 5.57. The number of pyridine rings is 1. The summed E-state index contributed by atoms with van der Waals surface area (Å²) in [5.74, 6) is 1.72. The molecule has 2 heterocycles. The molecule has 1 aromatic carbocycles. The van der Waals surface area contributed by atoms with Crippen molar-refractivity contribution in [1.82, 2.24) is 25.2 Å². The fraction of sp³-hybridized carbons (Fsp3) is 0.278. The van der Waals surface area contributed by atoms with E-state index in [0.717, 1.165) is 36.9 Å². The van der Waals surface area contributed by atoms with Gasteiger partial charge in [-0.15, -0.1) is 34.2 Å². The second-order valence-corrected chi connectivity index (χ2v) is 5.57. The van der Waals surface area contributed by atoms with Crippen molar-refractivity contribution in [2.45, 2.75) is 19.9 Å². The van der Waals surface area contributed by atoms with Gasteiger partial charge in [0.2, 0.25) is 0 Å². The number of rotatable bonds is 5. The number of nitrogens with one attached hydrogen (secondary N) is 2. The van der Waals surface area contributed by atoms with Gasteiger partial charge in [0.05, 0.1) is 0 Å². The fourth-order valence-electron chi connectivity index (χ4n) is 2.56. The zero-order valence-electron chi connectivity index (χ0n) is 14.4. The molecule has 0 bridgehead atoms. The number of guanidine groups is 1. The molecule has 0 amide bonds.